The van der Waals surface area contributed by atoms with Gasteiger partial charge >= 0.3 is 0 Å². The number of hydrogen-bond donors (Lipinski definition) is 1. The summed E-state index contributed by atoms with van der Waals surface area (Å²) in [7, 11) is 3.09. The number of halogens is 1. The van der Waals surface area contributed by atoms with Crippen LogP contribution in [0.2, 0.25) is 5.02 Å². The molecule has 0 heterocycles. The van der Waals surface area contributed by atoms with Gasteiger partial charge in [0.2, 0.25) is 0 Å². The topological polar surface area (TPSA) is 56.8 Å². The summed E-state index contributed by atoms with van der Waals surface area (Å²) in [6.45, 7) is 1.77. The second-order valence-corrected chi connectivity index (χ2v) is 5.22. The molecule has 1 amide bonds. The third-order valence-corrected chi connectivity index (χ3v) is 3.59. The second kappa shape index (κ2) is 7.74. The highest BCUT2D eigenvalue weighted by molar-refractivity contribution is 6.31. The van der Waals surface area contributed by atoms with E-state index in [2.05, 4.69) is 5.32 Å². The number of carbonyl (C=O) groups excluding carboxylic acids is 1. The Bertz CT molecular complexity index is 703. The van der Waals surface area contributed by atoms with E-state index in [4.69, 9.17) is 25.8 Å². The molecule has 0 saturated heterocycles. The van der Waals surface area contributed by atoms with E-state index >= 15 is 0 Å². The molecular formula is C17H18ClNO4. The molecule has 0 radical (unpaired) electrons. The summed E-state index contributed by atoms with van der Waals surface area (Å²) in [5.41, 5.74) is 1.49. The van der Waals surface area contributed by atoms with E-state index in [0.29, 0.717) is 28.0 Å². The lowest BCUT2D eigenvalue weighted by molar-refractivity contribution is -0.118. The Hall–Kier alpha value is -2.40. The Balaban J connectivity index is 1.95. The van der Waals surface area contributed by atoms with Crippen molar-refractivity contribution in [3.63, 3.8) is 0 Å². The number of carbonyl (C=O) groups is 1. The van der Waals surface area contributed by atoms with Crippen LogP contribution < -0.4 is 19.5 Å². The van der Waals surface area contributed by atoms with E-state index in [1.807, 2.05) is 6.92 Å². The maximum Gasteiger partial charge on any atom is 0.262 e. The van der Waals surface area contributed by atoms with Gasteiger partial charge in [-0.2, -0.15) is 0 Å². The number of aryl methyl sites for hydroxylation is 1. The molecule has 23 heavy (non-hydrogen) atoms. The van der Waals surface area contributed by atoms with Gasteiger partial charge < -0.3 is 19.5 Å². The fourth-order valence-corrected chi connectivity index (χ4v) is 2.08. The molecule has 0 unspecified atom stereocenters. The molecule has 0 aliphatic rings. The highest BCUT2D eigenvalue weighted by atomic mass is 35.5. The Labute approximate surface area is 140 Å². The lowest BCUT2D eigenvalue weighted by Crippen LogP contribution is -2.20. The number of ether oxygens (including phenoxy) is 3. The van der Waals surface area contributed by atoms with Crippen LogP contribution in [0.1, 0.15) is 5.56 Å². The SMILES string of the molecule is COc1ccc(NC(=O)COc2ccc(Cl)c(C)c2)cc1OC. The summed E-state index contributed by atoms with van der Waals surface area (Å²) in [6.07, 6.45) is 0. The largest absolute Gasteiger partial charge is 0.493 e. The van der Waals surface area contributed by atoms with E-state index in [1.54, 1.807) is 43.5 Å². The Morgan fingerprint density at radius 2 is 1.83 bits per heavy atom. The zero-order valence-corrected chi connectivity index (χ0v) is 13.9. The summed E-state index contributed by atoms with van der Waals surface area (Å²) >= 11 is 5.95. The quantitative estimate of drug-likeness (QED) is 0.874. The van der Waals surface area contributed by atoms with E-state index in [0.717, 1.165) is 5.56 Å². The first-order valence-corrected chi connectivity index (χ1v) is 7.32. The Morgan fingerprint density at radius 1 is 1.09 bits per heavy atom. The molecule has 0 aliphatic carbocycles. The molecule has 0 aliphatic heterocycles. The zero-order valence-electron chi connectivity index (χ0n) is 13.2. The molecule has 5 nitrogen and oxygen atoms in total. The summed E-state index contributed by atoms with van der Waals surface area (Å²) in [5, 5.41) is 3.40. The molecule has 6 heteroatoms. The fraction of sp³-hybridized carbons (Fsp3) is 0.235. The van der Waals surface area contributed by atoms with Crippen LogP contribution in [0.4, 0.5) is 5.69 Å². The average Bonchev–Trinajstić information content (AvgIpc) is 2.55. The minimum atomic E-state index is -0.273. The minimum absolute atomic E-state index is 0.102. The Kier molecular flexibility index (Phi) is 5.71. The summed E-state index contributed by atoms with van der Waals surface area (Å²) in [5.74, 6) is 1.46. The summed E-state index contributed by atoms with van der Waals surface area (Å²) in [4.78, 5) is 12.0. The second-order valence-electron chi connectivity index (χ2n) is 4.82. The summed E-state index contributed by atoms with van der Waals surface area (Å²) < 4.78 is 15.8. The summed E-state index contributed by atoms with van der Waals surface area (Å²) in [6, 6.07) is 10.4. The predicted molar refractivity (Wildman–Crippen MR) is 89.9 cm³/mol. The zero-order chi connectivity index (χ0) is 16.8. The maximum absolute atomic E-state index is 12.0. The van der Waals surface area contributed by atoms with Crippen LogP contribution in [-0.2, 0) is 4.79 Å². The smallest absolute Gasteiger partial charge is 0.262 e. The van der Waals surface area contributed by atoms with Gasteiger partial charge in [0.05, 0.1) is 14.2 Å². The highest BCUT2D eigenvalue weighted by Gasteiger charge is 2.08. The molecule has 2 aromatic carbocycles. The van der Waals surface area contributed by atoms with E-state index in [-0.39, 0.29) is 12.5 Å². The van der Waals surface area contributed by atoms with Gasteiger partial charge in [-0.05, 0) is 42.8 Å². The number of rotatable bonds is 6. The van der Waals surface area contributed by atoms with E-state index < -0.39 is 0 Å². The van der Waals surface area contributed by atoms with Crippen molar-refractivity contribution < 1.29 is 19.0 Å². The van der Waals surface area contributed by atoms with Crippen molar-refractivity contribution in [1.29, 1.82) is 0 Å². The molecule has 0 atom stereocenters. The van der Waals surface area contributed by atoms with Crippen LogP contribution in [0.15, 0.2) is 36.4 Å². The van der Waals surface area contributed by atoms with Crippen molar-refractivity contribution in [3.05, 3.63) is 47.0 Å². The monoisotopic (exact) mass is 335 g/mol. The standard InChI is InChI=1S/C17H18ClNO4/c1-11-8-13(5-6-14(11)18)23-10-17(20)19-12-4-7-15(21-2)16(9-12)22-3/h4-9H,10H2,1-3H3,(H,19,20). The Morgan fingerprint density at radius 3 is 2.48 bits per heavy atom. The van der Waals surface area contributed by atoms with Gasteiger partial charge in [0, 0.05) is 16.8 Å². The van der Waals surface area contributed by atoms with Crippen LogP contribution >= 0.6 is 11.6 Å². The van der Waals surface area contributed by atoms with Crippen LogP contribution in [0.5, 0.6) is 17.2 Å². The number of anilines is 1. The van der Waals surface area contributed by atoms with Gasteiger partial charge in [-0.25, -0.2) is 0 Å². The lowest BCUT2D eigenvalue weighted by atomic mass is 10.2. The van der Waals surface area contributed by atoms with Gasteiger partial charge in [-0.3, -0.25) is 4.79 Å². The van der Waals surface area contributed by atoms with Crippen molar-refractivity contribution in [2.45, 2.75) is 6.92 Å². The molecule has 0 saturated carbocycles. The molecule has 1 N–H and O–H groups in total. The first kappa shape index (κ1) is 17.0. The number of methoxy groups -OCH3 is 2. The third kappa shape index (κ3) is 4.53. The van der Waals surface area contributed by atoms with E-state index in [1.165, 1.54) is 7.11 Å². The van der Waals surface area contributed by atoms with E-state index in [9.17, 15) is 4.79 Å². The van der Waals surface area contributed by atoms with Crippen molar-refractivity contribution >= 4 is 23.2 Å². The van der Waals surface area contributed by atoms with Crippen molar-refractivity contribution in [2.75, 3.05) is 26.1 Å². The molecule has 2 rings (SSSR count). The fourth-order valence-electron chi connectivity index (χ4n) is 1.97. The molecule has 0 spiro atoms. The first-order valence-electron chi connectivity index (χ1n) is 6.94. The number of nitrogens with one attached hydrogen (secondary N) is 1. The maximum atomic E-state index is 12.0. The molecule has 122 valence electrons. The number of hydrogen-bond acceptors (Lipinski definition) is 4. The van der Waals surface area contributed by atoms with Crippen LogP contribution in [-0.4, -0.2) is 26.7 Å². The van der Waals surface area contributed by atoms with Crippen LogP contribution in [0.3, 0.4) is 0 Å². The van der Waals surface area contributed by atoms with Gasteiger partial charge in [-0.1, -0.05) is 11.6 Å². The minimum Gasteiger partial charge on any atom is -0.493 e. The predicted octanol–water partition coefficient (Wildman–Crippen LogP) is 3.68. The van der Waals surface area contributed by atoms with Crippen molar-refractivity contribution in [3.8, 4) is 17.2 Å². The van der Waals surface area contributed by atoms with Crippen molar-refractivity contribution in [1.82, 2.24) is 0 Å². The van der Waals surface area contributed by atoms with Gasteiger partial charge in [0.25, 0.3) is 5.91 Å². The van der Waals surface area contributed by atoms with Crippen LogP contribution in [0.25, 0.3) is 0 Å². The molecule has 0 fully saturated rings. The highest BCUT2D eigenvalue weighted by Crippen LogP contribution is 2.29. The first-order chi connectivity index (χ1) is 11.0. The van der Waals surface area contributed by atoms with Gasteiger partial charge in [0.1, 0.15) is 5.75 Å². The van der Waals surface area contributed by atoms with Crippen molar-refractivity contribution in [2.24, 2.45) is 0 Å². The van der Waals surface area contributed by atoms with Gasteiger partial charge in [-0.15, -0.1) is 0 Å². The molecule has 0 bridgehead atoms. The third-order valence-electron chi connectivity index (χ3n) is 3.17. The number of benzene rings is 2. The molecular weight excluding hydrogens is 318 g/mol. The normalized spacial score (nSPS) is 10.1. The number of amides is 1. The lowest BCUT2D eigenvalue weighted by Gasteiger charge is -2.11. The molecule has 0 aromatic heterocycles. The van der Waals surface area contributed by atoms with Crippen LogP contribution in [0, 0.1) is 6.92 Å². The van der Waals surface area contributed by atoms with Gasteiger partial charge in [0.15, 0.2) is 18.1 Å². The molecule has 2 aromatic rings. The average molecular weight is 336 g/mol.